The zero-order valence-electron chi connectivity index (χ0n) is 40.4. The predicted octanol–water partition coefficient (Wildman–Crippen LogP) is 19.1. The van der Waals surface area contributed by atoms with E-state index in [1.165, 1.54) is 77.9 Å². The fraction of sp³-hybridized carbons (Fsp3) is 0.182. The van der Waals surface area contributed by atoms with Crippen LogP contribution in [0.15, 0.2) is 259 Å². The van der Waals surface area contributed by atoms with Crippen LogP contribution in [-0.4, -0.2) is 0 Å². The smallest absolute Gasteiger partial charge is 0.000469 e. The van der Waals surface area contributed by atoms with Crippen molar-refractivity contribution >= 4 is 5.57 Å². The van der Waals surface area contributed by atoms with Crippen LogP contribution in [0.1, 0.15) is 94.9 Å². The van der Waals surface area contributed by atoms with E-state index < -0.39 is 0 Å². The van der Waals surface area contributed by atoms with Gasteiger partial charge in [0.2, 0.25) is 0 Å². The van der Waals surface area contributed by atoms with Crippen LogP contribution in [-0.2, 0) is 0 Å². The number of allylic oxidation sites excluding steroid dienone is 22. The molecule has 5 aromatic rings. The van der Waals surface area contributed by atoms with Gasteiger partial charge in [-0.3, -0.25) is 0 Å². The van der Waals surface area contributed by atoms with E-state index >= 15 is 0 Å². The molecule has 0 aromatic heterocycles. The second kappa shape index (κ2) is 24.3. The number of benzene rings is 5. The summed E-state index contributed by atoms with van der Waals surface area (Å²) < 4.78 is 0. The first-order chi connectivity index (χ1) is 32.1. The Balaban J connectivity index is 1.20. The fourth-order valence-electron chi connectivity index (χ4n) is 8.65. The quantitative estimate of drug-likeness (QED) is 0.0770. The van der Waals surface area contributed by atoms with E-state index in [1.54, 1.807) is 0 Å². The van der Waals surface area contributed by atoms with Gasteiger partial charge in [-0.25, -0.2) is 0 Å². The summed E-state index contributed by atoms with van der Waals surface area (Å²) in [6.45, 7) is 23.8. The molecule has 1 aliphatic carbocycles. The van der Waals surface area contributed by atoms with Crippen LogP contribution in [0.25, 0.3) is 39.0 Å². The molecule has 0 amide bonds. The second-order valence-corrected chi connectivity index (χ2v) is 17.3. The van der Waals surface area contributed by atoms with Gasteiger partial charge in [-0.05, 0) is 178 Å². The Hall–Kier alpha value is -7.02. The van der Waals surface area contributed by atoms with Crippen LogP contribution < -0.4 is 0 Å². The van der Waals surface area contributed by atoms with Crippen molar-refractivity contribution < 1.29 is 0 Å². The van der Waals surface area contributed by atoms with E-state index in [4.69, 9.17) is 0 Å². The van der Waals surface area contributed by atoms with Crippen LogP contribution in [0.2, 0.25) is 0 Å². The van der Waals surface area contributed by atoms with Gasteiger partial charge in [0.25, 0.3) is 0 Å². The highest BCUT2D eigenvalue weighted by Gasteiger charge is 2.14. The molecule has 0 bridgehead atoms. The molecule has 0 N–H and O–H groups in total. The second-order valence-electron chi connectivity index (χ2n) is 17.3. The van der Waals surface area contributed by atoms with Gasteiger partial charge in [-0.2, -0.15) is 0 Å². The summed E-state index contributed by atoms with van der Waals surface area (Å²) in [6, 6.07) is 44.2. The lowest BCUT2D eigenvalue weighted by molar-refractivity contribution is 0.941. The zero-order chi connectivity index (χ0) is 46.8. The summed E-state index contributed by atoms with van der Waals surface area (Å²) in [5.41, 5.74) is 20.9. The molecule has 0 aliphatic heterocycles. The zero-order valence-corrected chi connectivity index (χ0v) is 40.4. The maximum absolute atomic E-state index is 4.31. The van der Waals surface area contributed by atoms with Crippen molar-refractivity contribution in [2.24, 2.45) is 0 Å². The van der Waals surface area contributed by atoms with Crippen molar-refractivity contribution in [3.05, 3.63) is 281 Å². The highest BCUT2D eigenvalue weighted by molar-refractivity contribution is 5.81. The Morgan fingerprint density at radius 2 is 1.26 bits per heavy atom. The van der Waals surface area contributed by atoms with Crippen molar-refractivity contribution in [1.29, 1.82) is 0 Å². The van der Waals surface area contributed by atoms with E-state index in [0.717, 1.165) is 36.0 Å². The van der Waals surface area contributed by atoms with Crippen molar-refractivity contribution in [3.8, 4) is 33.4 Å². The molecule has 0 heteroatoms. The van der Waals surface area contributed by atoms with Gasteiger partial charge in [0.05, 0.1) is 0 Å². The highest BCUT2D eigenvalue weighted by atomic mass is 14.2. The van der Waals surface area contributed by atoms with Gasteiger partial charge in [0, 0.05) is 0 Å². The maximum atomic E-state index is 4.31. The molecule has 2 atom stereocenters. The number of hydrogen-bond acceptors (Lipinski definition) is 0. The summed E-state index contributed by atoms with van der Waals surface area (Å²) in [4.78, 5) is 0. The van der Waals surface area contributed by atoms with E-state index in [-0.39, 0.29) is 11.8 Å². The Morgan fingerprint density at radius 3 is 1.80 bits per heavy atom. The summed E-state index contributed by atoms with van der Waals surface area (Å²) in [5, 5.41) is 0. The first-order valence-corrected chi connectivity index (χ1v) is 23.7. The monoisotopic (exact) mass is 861 g/mol. The van der Waals surface area contributed by atoms with Gasteiger partial charge >= 0.3 is 0 Å². The Kier molecular flexibility index (Phi) is 17.8. The van der Waals surface area contributed by atoms with Crippen LogP contribution in [0.4, 0.5) is 0 Å². The third kappa shape index (κ3) is 12.8. The first-order valence-electron chi connectivity index (χ1n) is 23.7. The molecule has 1 aliphatic rings. The lowest BCUT2D eigenvalue weighted by Crippen LogP contribution is -1.98. The van der Waals surface area contributed by atoms with Gasteiger partial charge in [-0.15, -0.1) is 0 Å². The normalized spacial score (nSPS) is 15.3. The van der Waals surface area contributed by atoms with Crippen LogP contribution >= 0.6 is 0 Å². The molecule has 0 nitrogen and oxygen atoms in total. The predicted molar refractivity (Wildman–Crippen MR) is 292 cm³/mol. The molecule has 332 valence electrons. The largest absolute Gasteiger partial charge is 0.0991 e. The number of hydrogen-bond donors (Lipinski definition) is 0. The van der Waals surface area contributed by atoms with Crippen LogP contribution in [0.3, 0.4) is 0 Å². The molecule has 0 saturated carbocycles. The van der Waals surface area contributed by atoms with Gasteiger partial charge in [0.15, 0.2) is 0 Å². The molecule has 5 aromatic carbocycles. The lowest BCUT2D eigenvalue weighted by atomic mass is 9.88. The van der Waals surface area contributed by atoms with Gasteiger partial charge < -0.3 is 0 Å². The third-order valence-electron chi connectivity index (χ3n) is 12.6. The third-order valence-corrected chi connectivity index (χ3v) is 12.6. The van der Waals surface area contributed by atoms with Crippen molar-refractivity contribution in [3.63, 3.8) is 0 Å². The molecular formula is C66H68. The topological polar surface area (TPSA) is 0 Å². The standard InChI is InChI=1S/C66H68/c1-10-14-29-53(12-3)59(30-15-11-2)44-61(52(9)66-35-25-24-28-50(66)7)43-54(13-4)60-40-41-65(51(8)42-60)49(6)27-23-22-26-48(5)55-36-38-58(39-37-55)64-46-62(56-31-18-16-19-32-56)45-63(47-64)57-33-20-17-21-34-57/h11-23,25-27,29-49H,2,4,10,24,28H2,1,3,5-9H3/b26-22-,27-23-,29-14-,30-15-,53-12+,54-43+,59-44+,61-52-. The summed E-state index contributed by atoms with van der Waals surface area (Å²) in [5.74, 6) is 0.531. The lowest BCUT2D eigenvalue weighted by Gasteiger charge is -2.17. The van der Waals surface area contributed by atoms with E-state index in [9.17, 15) is 0 Å². The Morgan fingerprint density at radius 1 is 0.652 bits per heavy atom. The Labute approximate surface area is 398 Å². The van der Waals surface area contributed by atoms with E-state index in [0.29, 0.717) is 0 Å². The SMILES string of the molecule is C=C\C=C/C(=C\C(\C=C(/C=C)c1ccc(C(C)/C=C\C=C/C(C)c2ccc(-c3cc(-c4ccccc4)cc(-c4ccccc4)c3)cc2)c(C)c1)=C(\C)C1=C(C)CCC=C1)C(/C=C\CC)=C/C. The molecule has 66 heavy (non-hydrogen) atoms. The number of rotatable bonds is 18. The summed E-state index contributed by atoms with van der Waals surface area (Å²) in [7, 11) is 0. The minimum absolute atomic E-state index is 0.255. The van der Waals surface area contributed by atoms with Crippen molar-refractivity contribution in [2.75, 3.05) is 0 Å². The maximum Gasteiger partial charge on any atom is -0.000469 e. The summed E-state index contributed by atoms with van der Waals surface area (Å²) >= 11 is 0. The first kappa shape index (κ1) is 48.4. The molecule has 0 fully saturated rings. The Bertz CT molecular complexity index is 2720. The average molecular weight is 861 g/mol. The van der Waals surface area contributed by atoms with Gasteiger partial charge in [-0.1, -0.05) is 222 Å². The van der Waals surface area contributed by atoms with Crippen LogP contribution in [0, 0.1) is 6.92 Å². The van der Waals surface area contributed by atoms with E-state index in [1.807, 2.05) is 18.2 Å². The minimum Gasteiger partial charge on any atom is -0.0991 e. The molecule has 0 saturated heterocycles. The van der Waals surface area contributed by atoms with Crippen molar-refractivity contribution in [2.45, 2.75) is 79.6 Å². The minimum atomic E-state index is 0.255. The van der Waals surface area contributed by atoms with Crippen molar-refractivity contribution in [1.82, 2.24) is 0 Å². The highest BCUT2D eigenvalue weighted by Crippen LogP contribution is 2.35. The van der Waals surface area contributed by atoms with Crippen LogP contribution in [0.5, 0.6) is 0 Å². The summed E-state index contributed by atoms with van der Waals surface area (Å²) in [6.07, 6.45) is 36.0. The molecule has 0 radical (unpaired) electrons. The molecule has 6 rings (SSSR count). The number of aryl methyl sites for hydroxylation is 1. The molecule has 0 spiro atoms. The molecular weight excluding hydrogens is 793 g/mol. The molecule has 0 heterocycles. The fourth-order valence-corrected chi connectivity index (χ4v) is 8.65. The molecule has 2 unspecified atom stereocenters. The average Bonchev–Trinajstić information content (AvgIpc) is 3.35. The van der Waals surface area contributed by atoms with E-state index in [2.05, 4.69) is 256 Å². The van der Waals surface area contributed by atoms with Gasteiger partial charge in [0.1, 0.15) is 0 Å².